The second-order valence-corrected chi connectivity index (χ2v) is 6.82. The molecule has 3 rings (SSSR count). The van der Waals surface area contributed by atoms with Gasteiger partial charge in [-0.2, -0.15) is 4.31 Å². The summed E-state index contributed by atoms with van der Waals surface area (Å²) in [5, 5.41) is 19.0. The van der Waals surface area contributed by atoms with Crippen molar-refractivity contribution in [3.63, 3.8) is 0 Å². The maximum atomic E-state index is 12.6. The zero-order valence-electron chi connectivity index (χ0n) is 11.0. The van der Waals surface area contributed by atoms with Crippen LogP contribution in [-0.2, 0) is 23.1 Å². The van der Waals surface area contributed by atoms with E-state index >= 15 is 0 Å². The number of nitrogens with two attached hydrogens (primary N) is 1. The quantitative estimate of drug-likeness (QED) is 0.727. The largest absolute Gasteiger partial charge is 0.508 e. The zero-order valence-corrected chi connectivity index (χ0v) is 11.8. The number of benzene rings is 2. The van der Waals surface area contributed by atoms with Crippen LogP contribution in [0.15, 0.2) is 41.3 Å². The van der Waals surface area contributed by atoms with Crippen LogP contribution in [0.3, 0.4) is 0 Å². The van der Waals surface area contributed by atoms with Gasteiger partial charge in [0, 0.05) is 24.8 Å². The minimum Gasteiger partial charge on any atom is -0.508 e. The van der Waals surface area contributed by atoms with E-state index in [9.17, 15) is 18.6 Å². The van der Waals surface area contributed by atoms with Crippen molar-refractivity contribution in [2.75, 3.05) is 5.73 Å². The highest BCUT2D eigenvalue weighted by Crippen LogP contribution is 2.35. The number of nitrogen functional groups attached to an aromatic ring is 1. The summed E-state index contributed by atoms with van der Waals surface area (Å²) in [4.78, 5) is -0.230. The van der Waals surface area contributed by atoms with Gasteiger partial charge in [-0.1, -0.05) is 12.1 Å². The first-order valence-electron chi connectivity index (χ1n) is 6.28. The van der Waals surface area contributed by atoms with Crippen LogP contribution in [0.5, 0.6) is 11.5 Å². The topological polar surface area (TPSA) is 104 Å². The lowest BCUT2D eigenvalue weighted by molar-refractivity contribution is 0.415. The van der Waals surface area contributed by atoms with E-state index in [4.69, 9.17) is 5.73 Å². The second-order valence-electron chi connectivity index (χ2n) is 4.91. The lowest BCUT2D eigenvalue weighted by Crippen LogP contribution is -2.25. The van der Waals surface area contributed by atoms with Gasteiger partial charge >= 0.3 is 0 Å². The number of phenolic OH excluding ortho intramolecular Hbond substituents is 2. The Balaban J connectivity index is 2.00. The normalized spacial score (nSPS) is 15.0. The molecule has 0 aliphatic carbocycles. The Morgan fingerprint density at radius 3 is 2.52 bits per heavy atom. The number of sulfonamides is 1. The van der Waals surface area contributed by atoms with E-state index in [1.54, 1.807) is 12.1 Å². The lowest BCUT2D eigenvalue weighted by atomic mass is 10.1. The Labute approximate surface area is 122 Å². The molecule has 7 heteroatoms. The van der Waals surface area contributed by atoms with Gasteiger partial charge in [-0.25, -0.2) is 8.42 Å². The minimum atomic E-state index is -3.85. The van der Waals surface area contributed by atoms with Gasteiger partial charge in [0.2, 0.25) is 10.0 Å². The number of fused-ring (bicyclic) bond motifs is 1. The van der Waals surface area contributed by atoms with Crippen LogP contribution in [0, 0.1) is 0 Å². The van der Waals surface area contributed by atoms with Gasteiger partial charge in [0.25, 0.3) is 0 Å². The standard InChI is InChI=1S/C14H14N2O4S/c15-12-3-1-2-9-7-16(8-11(9)12)21(19,20)14-5-4-10(17)6-13(14)18/h1-6,17-18H,7-8,15H2. The van der Waals surface area contributed by atoms with Crippen LogP contribution < -0.4 is 5.73 Å². The van der Waals surface area contributed by atoms with Crippen LogP contribution in [0.2, 0.25) is 0 Å². The summed E-state index contributed by atoms with van der Waals surface area (Å²) in [7, 11) is -3.85. The molecule has 21 heavy (non-hydrogen) atoms. The molecule has 0 spiro atoms. The first-order chi connectivity index (χ1) is 9.89. The fourth-order valence-corrected chi connectivity index (χ4v) is 3.90. The molecule has 2 aromatic rings. The second kappa shape index (κ2) is 4.64. The Morgan fingerprint density at radius 2 is 1.86 bits per heavy atom. The number of nitrogens with zero attached hydrogens (tertiary/aromatic N) is 1. The van der Waals surface area contributed by atoms with Crippen molar-refractivity contribution in [2.24, 2.45) is 0 Å². The van der Waals surface area contributed by atoms with Gasteiger partial charge in [-0.3, -0.25) is 0 Å². The molecule has 1 heterocycles. The van der Waals surface area contributed by atoms with Crippen molar-refractivity contribution in [2.45, 2.75) is 18.0 Å². The summed E-state index contributed by atoms with van der Waals surface area (Å²) < 4.78 is 26.4. The van der Waals surface area contributed by atoms with Gasteiger partial charge in [-0.15, -0.1) is 0 Å². The molecule has 0 aromatic heterocycles. The van der Waals surface area contributed by atoms with Gasteiger partial charge < -0.3 is 15.9 Å². The lowest BCUT2D eigenvalue weighted by Gasteiger charge is -2.16. The summed E-state index contributed by atoms with van der Waals surface area (Å²) >= 11 is 0. The number of hydrogen-bond donors (Lipinski definition) is 3. The van der Waals surface area contributed by atoms with Gasteiger partial charge in [0.15, 0.2) is 0 Å². The van der Waals surface area contributed by atoms with E-state index in [0.717, 1.165) is 17.2 Å². The molecule has 0 unspecified atom stereocenters. The molecule has 0 amide bonds. The Morgan fingerprint density at radius 1 is 1.10 bits per heavy atom. The Bertz CT molecular complexity index is 818. The third-order valence-corrected chi connectivity index (χ3v) is 5.39. The van der Waals surface area contributed by atoms with E-state index in [2.05, 4.69) is 0 Å². The van der Waals surface area contributed by atoms with Crippen molar-refractivity contribution in [1.29, 1.82) is 0 Å². The fraction of sp³-hybridized carbons (Fsp3) is 0.143. The monoisotopic (exact) mass is 306 g/mol. The van der Waals surface area contributed by atoms with Crippen LogP contribution in [0.1, 0.15) is 11.1 Å². The van der Waals surface area contributed by atoms with Crippen molar-refractivity contribution in [1.82, 2.24) is 4.31 Å². The van der Waals surface area contributed by atoms with E-state index < -0.39 is 15.8 Å². The number of aromatic hydroxyl groups is 2. The van der Waals surface area contributed by atoms with Crippen molar-refractivity contribution < 1.29 is 18.6 Å². The maximum absolute atomic E-state index is 12.6. The number of hydrogen-bond acceptors (Lipinski definition) is 5. The van der Waals surface area contributed by atoms with Gasteiger partial charge in [0.1, 0.15) is 16.4 Å². The number of anilines is 1. The molecule has 0 saturated heterocycles. The molecular weight excluding hydrogens is 292 g/mol. The Kier molecular flexibility index (Phi) is 3.03. The van der Waals surface area contributed by atoms with Crippen LogP contribution in [-0.4, -0.2) is 22.9 Å². The van der Waals surface area contributed by atoms with Crippen LogP contribution >= 0.6 is 0 Å². The van der Waals surface area contributed by atoms with E-state index in [1.807, 2.05) is 6.07 Å². The van der Waals surface area contributed by atoms with Crippen molar-refractivity contribution >= 4 is 15.7 Å². The van der Waals surface area contributed by atoms with Crippen molar-refractivity contribution in [3.8, 4) is 11.5 Å². The predicted molar refractivity (Wildman–Crippen MR) is 77.1 cm³/mol. The van der Waals surface area contributed by atoms with Crippen molar-refractivity contribution in [3.05, 3.63) is 47.5 Å². The molecule has 110 valence electrons. The first-order valence-corrected chi connectivity index (χ1v) is 7.72. The third kappa shape index (κ3) is 2.20. The molecule has 0 fully saturated rings. The maximum Gasteiger partial charge on any atom is 0.247 e. The van der Waals surface area contributed by atoms with Gasteiger partial charge in [0.05, 0.1) is 0 Å². The SMILES string of the molecule is Nc1cccc2c1CN(S(=O)(=O)c1ccc(O)cc1O)C2. The molecule has 1 aliphatic heterocycles. The fourth-order valence-electron chi connectivity index (χ4n) is 2.45. The average Bonchev–Trinajstić information content (AvgIpc) is 2.84. The number of phenols is 2. The molecular formula is C14H14N2O4S. The van der Waals surface area contributed by atoms with E-state index in [-0.39, 0.29) is 23.7 Å². The molecule has 0 bridgehead atoms. The Hall–Kier alpha value is -2.25. The summed E-state index contributed by atoms with van der Waals surface area (Å²) in [6.07, 6.45) is 0. The predicted octanol–water partition coefficient (Wildman–Crippen LogP) is 1.38. The number of rotatable bonds is 2. The summed E-state index contributed by atoms with van der Waals surface area (Å²) in [5.74, 6) is -0.667. The highest BCUT2D eigenvalue weighted by molar-refractivity contribution is 7.89. The smallest absolute Gasteiger partial charge is 0.247 e. The average molecular weight is 306 g/mol. The molecule has 0 atom stereocenters. The summed E-state index contributed by atoms with van der Waals surface area (Å²) in [6, 6.07) is 8.76. The zero-order chi connectivity index (χ0) is 15.2. The van der Waals surface area contributed by atoms with Gasteiger partial charge in [-0.05, 0) is 29.3 Å². The van der Waals surface area contributed by atoms with E-state index in [0.29, 0.717) is 5.69 Å². The molecule has 0 radical (unpaired) electrons. The minimum absolute atomic E-state index is 0.171. The van der Waals surface area contributed by atoms with Crippen LogP contribution in [0.25, 0.3) is 0 Å². The first kappa shape index (κ1) is 13.7. The summed E-state index contributed by atoms with van der Waals surface area (Å²) in [6.45, 7) is 0.383. The third-order valence-electron chi connectivity index (χ3n) is 3.55. The molecule has 0 saturated carbocycles. The van der Waals surface area contributed by atoms with Crippen LogP contribution in [0.4, 0.5) is 5.69 Å². The highest BCUT2D eigenvalue weighted by Gasteiger charge is 2.33. The molecule has 4 N–H and O–H groups in total. The highest BCUT2D eigenvalue weighted by atomic mass is 32.2. The van der Waals surface area contributed by atoms with E-state index in [1.165, 1.54) is 16.4 Å². The molecule has 2 aromatic carbocycles. The summed E-state index contributed by atoms with van der Waals surface area (Å²) in [5.41, 5.74) is 8.07. The molecule has 6 nitrogen and oxygen atoms in total. The molecule has 1 aliphatic rings.